The lowest BCUT2D eigenvalue weighted by Crippen LogP contribution is -2.31. The van der Waals surface area contributed by atoms with Gasteiger partial charge in [-0.2, -0.15) is 0 Å². The lowest BCUT2D eigenvalue weighted by molar-refractivity contribution is 1.12. The Labute approximate surface area is 342 Å². The molecule has 2 heteroatoms. The van der Waals surface area contributed by atoms with Gasteiger partial charge in [-0.05, 0) is 119 Å². The van der Waals surface area contributed by atoms with E-state index in [1.165, 1.54) is 86.9 Å². The molecule has 1 aromatic heterocycles. The van der Waals surface area contributed by atoms with E-state index in [1.54, 1.807) is 0 Å². The standard InChI is InChI=1S/C57H38N2/c1-2-16-39(17-3-1)55-48-24-10-11-25-49(48)56(47-26-14-19-38-15-4-6-20-43(38)47)50-34-33-41(35-51(50)55)37-29-31-40(32-30-37)57-58-52-27-12-13-28-53(52)59(57)54-36-42-18-5-7-21-44(42)45-22-8-9-23-46(45)54/h1-9,12-36H,10-11H2. The average molecular weight is 751 g/mol. The molecule has 0 N–H and O–H groups in total. The molecule has 0 fully saturated rings. The van der Waals surface area contributed by atoms with Gasteiger partial charge in [-0.15, -0.1) is 0 Å². The monoisotopic (exact) mass is 750 g/mol. The molecule has 0 radical (unpaired) electrons. The van der Waals surface area contributed by atoms with E-state index >= 15 is 0 Å². The van der Waals surface area contributed by atoms with Crippen LogP contribution in [0.1, 0.15) is 12.8 Å². The molecule has 0 saturated carbocycles. The molecule has 11 aromatic rings. The summed E-state index contributed by atoms with van der Waals surface area (Å²) in [6.07, 6.45) is 7.02. The van der Waals surface area contributed by atoms with Crippen LogP contribution in [-0.2, 0) is 0 Å². The van der Waals surface area contributed by atoms with Gasteiger partial charge in [-0.25, -0.2) is 4.98 Å². The van der Waals surface area contributed by atoms with Crippen LogP contribution in [0.25, 0.3) is 117 Å². The highest BCUT2D eigenvalue weighted by molar-refractivity contribution is 6.13. The molecular weight excluding hydrogens is 713 g/mol. The Morgan fingerprint density at radius 3 is 1.83 bits per heavy atom. The second-order valence-corrected chi connectivity index (χ2v) is 15.7. The summed E-state index contributed by atoms with van der Waals surface area (Å²) in [5.41, 5.74) is 11.8. The molecule has 0 unspecified atom stereocenters. The van der Waals surface area contributed by atoms with Crippen molar-refractivity contribution in [3.05, 3.63) is 205 Å². The third-order valence-corrected chi connectivity index (χ3v) is 12.4. The molecule has 1 aliphatic rings. The lowest BCUT2D eigenvalue weighted by Gasteiger charge is -2.19. The topological polar surface area (TPSA) is 17.8 Å². The molecule has 0 saturated heterocycles. The SMILES string of the molecule is C1=c2c(-c3ccccc3)c3cc(-c4ccc(-c5nc6ccccc6n5-c5cc6ccccc6c6ccccc56)cc4)ccc3c(-c3cccc4ccccc34)c2=CCC1. The summed E-state index contributed by atoms with van der Waals surface area (Å²) >= 11 is 0. The highest BCUT2D eigenvalue weighted by atomic mass is 15.1. The normalized spacial score (nSPS) is 12.5. The largest absolute Gasteiger partial charge is 0.292 e. The number of hydrogen-bond donors (Lipinski definition) is 0. The van der Waals surface area contributed by atoms with Gasteiger partial charge in [0.2, 0.25) is 0 Å². The number of benzene rings is 10. The minimum absolute atomic E-state index is 0.932. The molecule has 0 atom stereocenters. The molecular formula is C57H38N2. The molecule has 0 amide bonds. The van der Waals surface area contributed by atoms with Gasteiger partial charge in [0.25, 0.3) is 0 Å². The molecule has 2 nitrogen and oxygen atoms in total. The molecule has 10 aromatic carbocycles. The van der Waals surface area contributed by atoms with E-state index in [0.717, 1.165) is 41.0 Å². The molecule has 0 spiro atoms. The summed E-state index contributed by atoms with van der Waals surface area (Å²) in [5, 5.41) is 12.7. The highest BCUT2D eigenvalue weighted by Crippen LogP contribution is 2.39. The maximum Gasteiger partial charge on any atom is 0.145 e. The van der Waals surface area contributed by atoms with Crippen LogP contribution in [0.5, 0.6) is 0 Å². The Morgan fingerprint density at radius 2 is 1.00 bits per heavy atom. The molecule has 59 heavy (non-hydrogen) atoms. The van der Waals surface area contributed by atoms with Gasteiger partial charge in [-0.3, -0.25) is 4.57 Å². The Balaban J connectivity index is 1.06. The number of aromatic nitrogens is 2. The summed E-state index contributed by atoms with van der Waals surface area (Å²) in [5.74, 6) is 0.932. The summed E-state index contributed by atoms with van der Waals surface area (Å²) in [4.78, 5) is 5.29. The van der Waals surface area contributed by atoms with Crippen LogP contribution >= 0.6 is 0 Å². The Bertz CT molecular complexity index is 3590. The second-order valence-electron chi connectivity index (χ2n) is 15.7. The Hall–Kier alpha value is -7.55. The predicted molar refractivity (Wildman–Crippen MR) is 250 cm³/mol. The van der Waals surface area contributed by atoms with Crippen molar-refractivity contribution in [2.24, 2.45) is 0 Å². The molecule has 0 bridgehead atoms. The third-order valence-electron chi connectivity index (χ3n) is 12.4. The van der Waals surface area contributed by atoms with Gasteiger partial charge in [0.05, 0.1) is 16.7 Å². The number of fused-ring (bicyclic) bond motifs is 7. The first kappa shape index (κ1) is 33.6. The van der Waals surface area contributed by atoms with Crippen molar-refractivity contribution in [3.8, 4) is 50.5 Å². The predicted octanol–water partition coefficient (Wildman–Crippen LogP) is 13.7. The number of imidazole rings is 1. The van der Waals surface area contributed by atoms with Gasteiger partial charge in [0, 0.05) is 10.9 Å². The molecule has 1 aliphatic carbocycles. The summed E-state index contributed by atoms with van der Waals surface area (Å²) in [6.45, 7) is 0. The number of nitrogens with zero attached hydrogens (tertiary/aromatic N) is 2. The van der Waals surface area contributed by atoms with Crippen molar-refractivity contribution in [2.75, 3.05) is 0 Å². The second kappa shape index (κ2) is 13.5. The zero-order chi connectivity index (χ0) is 38.9. The fourth-order valence-corrected chi connectivity index (χ4v) is 9.73. The van der Waals surface area contributed by atoms with Crippen LogP contribution in [-0.4, -0.2) is 9.55 Å². The van der Waals surface area contributed by atoms with Crippen LogP contribution in [0.3, 0.4) is 0 Å². The maximum atomic E-state index is 5.29. The summed E-state index contributed by atoms with van der Waals surface area (Å²) in [6, 6.07) is 70.9. The van der Waals surface area contributed by atoms with E-state index in [4.69, 9.17) is 4.98 Å². The van der Waals surface area contributed by atoms with E-state index in [1.807, 2.05) is 0 Å². The molecule has 12 rings (SSSR count). The van der Waals surface area contributed by atoms with Crippen LogP contribution in [0, 0.1) is 0 Å². The van der Waals surface area contributed by atoms with E-state index in [2.05, 4.69) is 211 Å². The van der Waals surface area contributed by atoms with Gasteiger partial charge in [-0.1, -0.05) is 182 Å². The minimum Gasteiger partial charge on any atom is -0.292 e. The third kappa shape index (κ3) is 5.37. The average Bonchev–Trinajstić information content (AvgIpc) is 3.70. The van der Waals surface area contributed by atoms with Crippen LogP contribution in [0.15, 0.2) is 194 Å². The number of para-hydroxylation sites is 2. The zero-order valence-corrected chi connectivity index (χ0v) is 32.4. The first-order valence-corrected chi connectivity index (χ1v) is 20.6. The van der Waals surface area contributed by atoms with Gasteiger partial charge in [0.15, 0.2) is 0 Å². The lowest BCUT2D eigenvalue weighted by atomic mass is 9.84. The Morgan fingerprint density at radius 1 is 0.373 bits per heavy atom. The van der Waals surface area contributed by atoms with Crippen molar-refractivity contribution in [2.45, 2.75) is 12.8 Å². The van der Waals surface area contributed by atoms with Crippen molar-refractivity contribution in [3.63, 3.8) is 0 Å². The first-order chi connectivity index (χ1) is 29.3. The number of hydrogen-bond acceptors (Lipinski definition) is 1. The smallest absolute Gasteiger partial charge is 0.145 e. The minimum atomic E-state index is 0.932. The molecule has 1 heterocycles. The van der Waals surface area contributed by atoms with E-state index < -0.39 is 0 Å². The van der Waals surface area contributed by atoms with E-state index in [-0.39, 0.29) is 0 Å². The van der Waals surface area contributed by atoms with Crippen molar-refractivity contribution < 1.29 is 0 Å². The fourth-order valence-electron chi connectivity index (χ4n) is 9.73. The van der Waals surface area contributed by atoms with Gasteiger partial charge in [0.1, 0.15) is 5.82 Å². The molecule has 276 valence electrons. The first-order valence-electron chi connectivity index (χ1n) is 20.6. The highest BCUT2D eigenvalue weighted by Gasteiger charge is 2.20. The summed E-state index contributed by atoms with van der Waals surface area (Å²) < 4.78 is 2.35. The van der Waals surface area contributed by atoms with E-state index in [9.17, 15) is 0 Å². The van der Waals surface area contributed by atoms with Gasteiger partial charge >= 0.3 is 0 Å². The van der Waals surface area contributed by atoms with Crippen LogP contribution < -0.4 is 10.4 Å². The van der Waals surface area contributed by atoms with Gasteiger partial charge < -0.3 is 0 Å². The van der Waals surface area contributed by atoms with Crippen molar-refractivity contribution >= 4 is 66.3 Å². The molecule has 0 aliphatic heterocycles. The number of rotatable bonds is 5. The zero-order valence-electron chi connectivity index (χ0n) is 32.4. The van der Waals surface area contributed by atoms with Crippen LogP contribution in [0.2, 0.25) is 0 Å². The summed E-state index contributed by atoms with van der Waals surface area (Å²) in [7, 11) is 0. The maximum absolute atomic E-state index is 5.29. The quantitative estimate of drug-likeness (QED) is 0.160. The van der Waals surface area contributed by atoms with Crippen molar-refractivity contribution in [1.82, 2.24) is 9.55 Å². The van der Waals surface area contributed by atoms with Crippen molar-refractivity contribution in [1.29, 1.82) is 0 Å². The Kier molecular flexibility index (Phi) is 7.71. The fraction of sp³-hybridized carbons (Fsp3) is 0.0351. The van der Waals surface area contributed by atoms with E-state index in [0.29, 0.717) is 0 Å². The van der Waals surface area contributed by atoms with Crippen LogP contribution in [0.4, 0.5) is 0 Å².